The molecule has 0 aliphatic heterocycles. The van der Waals surface area contributed by atoms with Crippen molar-refractivity contribution in [1.82, 2.24) is 5.32 Å². The highest BCUT2D eigenvalue weighted by molar-refractivity contribution is 5.82. The van der Waals surface area contributed by atoms with Crippen molar-refractivity contribution in [3.05, 3.63) is 36.1 Å². The number of amides is 1. The standard InChI is InChI=1S/C12H13NO2/c1-2-12(14)13-7-9-8-15-11-6-4-3-5-10(9)11/h3-6,8H,2,7H2,1H3,(H,13,14). The van der Waals surface area contributed by atoms with Gasteiger partial charge in [-0.1, -0.05) is 25.1 Å². The van der Waals surface area contributed by atoms with Crippen molar-refractivity contribution in [2.75, 3.05) is 0 Å². The van der Waals surface area contributed by atoms with Crippen LogP contribution in [0.4, 0.5) is 0 Å². The minimum atomic E-state index is 0.0558. The Morgan fingerprint density at radius 1 is 1.40 bits per heavy atom. The first kappa shape index (κ1) is 9.77. The number of furan rings is 1. The van der Waals surface area contributed by atoms with Gasteiger partial charge in [-0.3, -0.25) is 4.79 Å². The molecule has 0 saturated carbocycles. The summed E-state index contributed by atoms with van der Waals surface area (Å²) in [6.07, 6.45) is 2.20. The van der Waals surface area contributed by atoms with Crippen molar-refractivity contribution in [2.45, 2.75) is 19.9 Å². The Labute approximate surface area is 88.1 Å². The monoisotopic (exact) mass is 203 g/mol. The predicted molar refractivity (Wildman–Crippen MR) is 58.4 cm³/mol. The third-order valence-corrected chi connectivity index (χ3v) is 2.36. The molecule has 2 aromatic rings. The Morgan fingerprint density at radius 3 is 3.00 bits per heavy atom. The van der Waals surface area contributed by atoms with E-state index in [0.717, 1.165) is 16.5 Å². The molecular weight excluding hydrogens is 190 g/mol. The molecule has 78 valence electrons. The minimum absolute atomic E-state index is 0.0558. The van der Waals surface area contributed by atoms with Crippen molar-refractivity contribution < 1.29 is 9.21 Å². The average Bonchev–Trinajstić information content (AvgIpc) is 2.69. The van der Waals surface area contributed by atoms with Crippen molar-refractivity contribution >= 4 is 16.9 Å². The molecule has 0 atom stereocenters. The van der Waals surface area contributed by atoms with Crippen molar-refractivity contribution in [2.24, 2.45) is 0 Å². The highest BCUT2D eigenvalue weighted by atomic mass is 16.3. The maximum Gasteiger partial charge on any atom is 0.219 e. The molecule has 2 rings (SSSR count). The van der Waals surface area contributed by atoms with E-state index in [1.54, 1.807) is 6.26 Å². The molecule has 1 aromatic heterocycles. The Bertz CT molecular complexity index is 473. The van der Waals surface area contributed by atoms with E-state index in [1.807, 2.05) is 31.2 Å². The van der Waals surface area contributed by atoms with E-state index in [1.165, 1.54) is 0 Å². The first-order chi connectivity index (χ1) is 7.31. The molecule has 1 N–H and O–H groups in total. The zero-order valence-electron chi connectivity index (χ0n) is 8.62. The molecule has 0 radical (unpaired) electrons. The van der Waals surface area contributed by atoms with E-state index >= 15 is 0 Å². The van der Waals surface area contributed by atoms with Crippen molar-refractivity contribution in [3.8, 4) is 0 Å². The molecule has 0 saturated heterocycles. The fourth-order valence-electron chi connectivity index (χ4n) is 1.49. The predicted octanol–water partition coefficient (Wildman–Crippen LogP) is 2.46. The number of hydrogen-bond donors (Lipinski definition) is 1. The summed E-state index contributed by atoms with van der Waals surface area (Å²) in [4.78, 5) is 11.1. The van der Waals surface area contributed by atoms with Crippen LogP contribution in [0.2, 0.25) is 0 Å². The van der Waals surface area contributed by atoms with Crippen LogP contribution >= 0.6 is 0 Å². The Morgan fingerprint density at radius 2 is 2.20 bits per heavy atom. The Balaban J connectivity index is 2.18. The second kappa shape index (κ2) is 4.17. The molecule has 15 heavy (non-hydrogen) atoms. The molecule has 0 spiro atoms. The van der Waals surface area contributed by atoms with Crippen molar-refractivity contribution in [1.29, 1.82) is 0 Å². The van der Waals surface area contributed by atoms with Gasteiger partial charge in [0.15, 0.2) is 0 Å². The number of rotatable bonds is 3. The number of hydrogen-bond acceptors (Lipinski definition) is 2. The fourth-order valence-corrected chi connectivity index (χ4v) is 1.49. The van der Waals surface area contributed by atoms with Gasteiger partial charge < -0.3 is 9.73 Å². The van der Waals surface area contributed by atoms with E-state index in [2.05, 4.69) is 5.32 Å². The summed E-state index contributed by atoms with van der Waals surface area (Å²) in [5.74, 6) is 0.0558. The van der Waals surface area contributed by atoms with Gasteiger partial charge in [-0.25, -0.2) is 0 Å². The quantitative estimate of drug-likeness (QED) is 0.832. The average molecular weight is 203 g/mol. The van der Waals surface area contributed by atoms with Crippen LogP contribution < -0.4 is 5.32 Å². The highest BCUT2D eigenvalue weighted by Gasteiger charge is 2.05. The summed E-state index contributed by atoms with van der Waals surface area (Å²) in [7, 11) is 0. The molecule has 3 nitrogen and oxygen atoms in total. The van der Waals surface area contributed by atoms with Crippen LogP contribution in [0.1, 0.15) is 18.9 Å². The van der Waals surface area contributed by atoms with Crippen LogP contribution in [-0.2, 0) is 11.3 Å². The highest BCUT2D eigenvalue weighted by Crippen LogP contribution is 2.20. The Kier molecular flexibility index (Phi) is 2.72. The van der Waals surface area contributed by atoms with E-state index in [0.29, 0.717) is 13.0 Å². The number of para-hydroxylation sites is 1. The molecule has 3 heteroatoms. The first-order valence-electron chi connectivity index (χ1n) is 5.03. The minimum Gasteiger partial charge on any atom is -0.464 e. The van der Waals surface area contributed by atoms with Gasteiger partial charge in [0.2, 0.25) is 5.91 Å². The molecule has 1 heterocycles. The third-order valence-electron chi connectivity index (χ3n) is 2.36. The van der Waals surface area contributed by atoms with Gasteiger partial charge in [0, 0.05) is 23.9 Å². The van der Waals surface area contributed by atoms with E-state index < -0.39 is 0 Å². The van der Waals surface area contributed by atoms with E-state index in [-0.39, 0.29) is 5.91 Å². The molecule has 1 amide bonds. The number of carbonyl (C=O) groups excluding carboxylic acids is 1. The van der Waals surface area contributed by atoms with Crippen LogP contribution in [0.3, 0.4) is 0 Å². The van der Waals surface area contributed by atoms with Crippen LogP contribution in [0, 0.1) is 0 Å². The van der Waals surface area contributed by atoms with Crippen LogP contribution in [0.25, 0.3) is 11.0 Å². The SMILES string of the molecule is CCC(=O)NCc1coc2ccccc12. The smallest absolute Gasteiger partial charge is 0.219 e. The summed E-state index contributed by atoms with van der Waals surface area (Å²) < 4.78 is 5.36. The zero-order chi connectivity index (χ0) is 10.7. The number of nitrogens with one attached hydrogen (secondary N) is 1. The molecule has 0 bridgehead atoms. The second-order valence-corrected chi connectivity index (χ2v) is 3.39. The number of carbonyl (C=O) groups is 1. The van der Waals surface area contributed by atoms with Gasteiger partial charge in [0.25, 0.3) is 0 Å². The summed E-state index contributed by atoms with van der Waals surface area (Å²) in [5.41, 5.74) is 1.88. The second-order valence-electron chi connectivity index (χ2n) is 3.39. The normalized spacial score (nSPS) is 10.5. The van der Waals surface area contributed by atoms with Crippen LogP contribution in [0.5, 0.6) is 0 Å². The van der Waals surface area contributed by atoms with E-state index in [4.69, 9.17) is 4.42 Å². The van der Waals surface area contributed by atoms with Gasteiger partial charge in [-0.2, -0.15) is 0 Å². The lowest BCUT2D eigenvalue weighted by Gasteiger charge is -2.00. The Hall–Kier alpha value is -1.77. The van der Waals surface area contributed by atoms with Gasteiger partial charge in [0.1, 0.15) is 5.58 Å². The molecule has 0 aliphatic rings. The lowest BCUT2D eigenvalue weighted by molar-refractivity contribution is -0.120. The maximum absolute atomic E-state index is 11.1. The van der Waals surface area contributed by atoms with Crippen LogP contribution in [-0.4, -0.2) is 5.91 Å². The number of fused-ring (bicyclic) bond motifs is 1. The summed E-state index contributed by atoms with van der Waals surface area (Å²) in [5, 5.41) is 3.89. The zero-order valence-corrected chi connectivity index (χ0v) is 8.62. The summed E-state index contributed by atoms with van der Waals surface area (Å²) >= 11 is 0. The molecule has 1 aromatic carbocycles. The number of benzene rings is 1. The third kappa shape index (κ3) is 2.01. The maximum atomic E-state index is 11.1. The van der Waals surface area contributed by atoms with Crippen molar-refractivity contribution in [3.63, 3.8) is 0 Å². The summed E-state index contributed by atoms with van der Waals surface area (Å²) in [6, 6.07) is 7.80. The van der Waals surface area contributed by atoms with E-state index in [9.17, 15) is 4.79 Å². The first-order valence-corrected chi connectivity index (χ1v) is 5.03. The van der Waals surface area contributed by atoms with Gasteiger partial charge in [0.05, 0.1) is 6.26 Å². The van der Waals surface area contributed by atoms with Gasteiger partial charge in [-0.15, -0.1) is 0 Å². The fraction of sp³-hybridized carbons (Fsp3) is 0.250. The lowest BCUT2D eigenvalue weighted by Crippen LogP contribution is -2.21. The molecule has 0 unspecified atom stereocenters. The largest absolute Gasteiger partial charge is 0.464 e. The van der Waals surface area contributed by atoms with Gasteiger partial charge >= 0.3 is 0 Å². The van der Waals surface area contributed by atoms with Crippen LogP contribution in [0.15, 0.2) is 34.9 Å². The summed E-state index contributed by atoms with van der Waals surface area (Å²) in [6.45, 7) is 2.37. The van der Waals surface area contributed by atoms with Gasteiger partial charge in [-0.05, 0) is 6.07 Å². The molecule has 0 fully saturated rings. The molecule has 0 aliphatic carbocycles. The topological polar surface area (TPSA) is 42.2 Å². The lowest BCUT2D eigenvalue weighted by atomic mass is 10.2. The molecular formula is C12H13NO2.